The van der Waals surface area contributed by atoms with Crippen LogP contribution in [0.25, 0.3) is 0 Å². The van der Waals surface area contributed by atoms with Crippen molar-refractivity contribution in [1.29, 1.82) is 5.26 Å². The molecule has 0 unspecified atom stereocenters. The molecule has 1 amide bonds. The molecule has 1 aromatic carbocycles. The maximum absolute atomic E-state index is 13.4. The number of nitrogens with one attached hydrogen (secondary N) is 1. The molecule has 1 heterocycles. The predicted octanol–water partition coefficient (Wildman–Crippen LogP) is 2.20. The van der Waals surface area contributed by atoms with E-state index < -0.39 is 17.3 Å². The number of likely N-dealkylation sites (tertiary alicyclic amines) is 1. The lowest BCUT2D eigenvalue weighted by molar-refractivity contribution is 0.0881. The first-order valence-electron chi connectivity index (χ1n) is 6.33. The Morgan fingerprint density at radius 3 is 2.70 bits per heavy atom. The van der Waals surface area contributed by atoms with Gasteiger partial charge in [-0.15, -0.1) is 0 Å². The monoisotopic (exact) mass is 295 g/mol. The summed E-state index contributed by atoms with van der Waals surface area (Å²) in [4.78, 5) is 14.2. The second kappa shape index (κ2) is 5.78. The molecule has 106 valence electrons. The molecular formula is C14H15ClFN3O. The Balaban J connectivity index is 2.13. The van der Waals surface area contributed by atoms with Crippen molar-refractivity contribution in [2.75, 3.05) is 20.1 Å². The minimum atomic E-state index is -0.875. The van der Waals surface area contributed by atoms with Crippen molar-refractivity contribution >= 4 is 17.5 Å². The lowest BCUT2D eigenvalue weighted by atomic mass is 9.89. The van der Waals surface area contributed by atoms with Crippen molar-refractivity contribution in [3.05, 3.63) is 34.6 Å². The second-order valence-electron chi connectivity index (χ2n) is 5.08. The van der Waals surface area contributed by atoms with E-state index in [9.17, 15) is 14.4 Å². The molecule has 1 fully saturated rings. The van der Waals surface area contributed by atoms with Gasteiger partial charge in [0.2, 0.25) is 0 Å². The fraction of sp³-hybridized carbons (Fsp3) is 0.429. The average Bonchev–Trinajstić information content (AvgIpc) is 2.44. The number of piperidine rings is 1. The van der Waals surface area contributed by atoms with E-state index in [0.717, 1.165) is 19.2 Å². The molecule has 20 heavy (non-hydrogen) atoms. The number of halogens is 2. The van der Waals surface area contributed by atoms with Gasteiger partial charge in [0.15, 0.2) is 0 Å². The van der Waals surface area contributed by atoms with Gasteiger partial charge < -0.3 is 10.2 Å². The molecule has 0 radical (unpaired) electrons. The van der Waals surface area contributed by atoms with Crippen LogP contribution in [-0.4, -0.2) is 36.5 Å². The quantitative estimate of drug-likeness (QED) is 0.910. The maximum Gasteiger partial charge on any atom is 0.252 e. The van der Waals surface area contributed by atoms with Gasteiger partial charge >= 0.3 is 0 Å². The number of benzene rings is 1. The number of rotatable bonds is 2. The molecule has 0 aromatic heterocycles. The summed E-state index contributed by atoms with van der Waals surface area (Å²) in [7, 11) is 1.97. The number of amides is 1. The van der Waals surface area contributed by atoms with Gasteiger partial charge in [-0.3, -0.25) is 4.79 Å². The summed E-state index contributed by atoms with van der Waals surface area (Å²) in [6.45, 7) is 1.48. The van der Waals surface area contributed by atoms with Crippen molar-refractivity contribution in [1.82, 2.24) is 10.2 Å². The van der Waals surface area contributed by atoms with Crippen LogP contribution in [0.15, 0.2) is 18.2 Å². The summed E-state index contributed by atoms with van der Waals surface area (Å²) in [5.41, 5.74) is -0.708. The minimum Gasteiger partial charge on any atom is -0.334 e. The fourth-order valence-electron chi connectivity index (χ4n) is 2.19. The van der Waals surface area contributed by atoms with Crippen LogP contribution in [-0.2, 0) is 0 Å². The number of hydrogen-bond donors (Lipinski definition) is 1. The van der Waals surface area contributed by atoms with Crippen molar-refractivity contribution in [3.8, 4) is 6.07 Å². The molecule has 1 aliphatic rings. The number of carbonyl (C=O) groups is 1. The molecule has 0 bridgehead atoms. The predicted molar refractivity (Wildman–Crippen MR) is 74.0 cm³/mol. The van der Waals surface area contributed by atoms with Crippen LogP contribution < -0.4 is 5.32 Å². The molecule has 6 heteroatoms. The standard InChI is InChI=1S/C14H15ClFN3O/c1-19-6-4-14(9-17,5-7-19)18-13(20)10-2-3-11(15)12(16)8-10/h2-3,8H,4-7H2,1H3,(H,18,20). The third kappa shape index (κ3) is 3.09. The maximum atomic E-state index is 13.4. The summed E-state index contributed by atoms with van der Waals surface area (Å²) in [6.07, 6.45) is 1.11. The van der Waals surface area contributed by atoms with E-state index >= 15 is 0 Å². The number of nitrogens with zero attached hydrogens (tertiary/aromatic N) is 2. The van der Waals surface area contributed by atoms with E-state index in [2.05, 4.69) is 16.3 Å². The highest BCUT2D eigenvalue weighted by Crippen LogP contribution is 2.22. The largest absolute Gasteiger partial charge is 0.334 e. The van der Waals surface area contributed by atoms with Crippen LogP contribution in [0.2, 0.25) is 5.02 Å². The van der Waals surface area contributed by atoms with Crippen molar-refractivity contribution < 1.29 is 9.18 Å². The summed E-state index contributed by atoms with van der Waals surface area (Å²) < 4.78 is 13.4. The van der Waals surface area contributed by atoms with E-state index in [1.165, 1.54) is 12.1 Å². The SMILES string of the molecule is CN1CCC(C#N)(NC(=O)c2ccc(Cl)c(F)c2)CC1. The van der Waals surface area contributed by atoms with Gasteiger partial charge in [0.1, 0.15) is 11.4 Å². The number of carbonyl (C=O) groups excluding carboxylic acids is 1. The first kappa shape index (κ1) is 14.8. The zero-order chi connectivity index (χ0) is 14.8. The lowest BCUT2D eigenvalue weighted by Gasteiger charge is -2.36. The zero-order valence-electron chi connectivity index (χ0n) is 11.1. The smallest absolute Gasteiger partial charge is 0.252 e. The molecule has 4 nitrogen and oxygen atoms in total. The average molecular weight is 296 g/mol. The van der Waals surface area contributed by atoms with Crippen LogP contribution in [0, 0.1) is 17.1 Å². The van der Waals surface area contributed by atoms with Crippen molar-refractivity contribution in [2.24, 2.45) is 0 Å². The molecule has 0 atom stereocenters. The van der Waals surface area contributed by atoms with E-state index in [1.54, 1.807) is 0 Å². The lowest BCUT2D eigenvalue weighted by Crippen LogP contribution is -2.53. The van der Waals surface area contributed by atoms with Crippen LogP contribution in [0.3, 0.4) is 0 Å². The summed E-state index contributed by atoms with van der Waals surface area (Å²) >= 11 is 5.58. The zero-order valence-corrected chi connectivity index (χ0v) is 11.9. The van der Waals surface area contributed by atoms with Crippen LogP contribution in [0.5, 0.6) is 0 Å². The van der Waals surface area contributed by atoms with Gasteiger partial charge in [0.05, 0.1) is 11.1 Å². The highest BCUT2D eigenvalue weighted by atomic mass is 35.5. The molecule has 1 aliphatic heterocycles. The Kier molecular flexibility index (Phi) is 4.26. The van der Waals surface area contributed by atoms with Crippen LogP contribution in [0.1, 0.15) is 23.2 Å². The van der Waals surface area contributed by atoms with Gasteiger partial charge in [0.25, 0.3) is 5.91 Å². The highest BCUT2D eigenvalue weighted by molar-refractivity contribution is 6.30. The summed E-state index contributed by atoms with van der Waals surface area (Å²) in [5.74, 6) is -1.10. The molecule has 1 saturated heterocycles. The third-order valence-electron chi connectivity index (χ3n) is 3.59. The Labute approximate surface area is 122 Å². The van der Waals surface area contributed by atoms with Crippen molar-refractivity contribution in [2.45, 2.75) is 18.4 Å². The van der Waals surface area contributed by atoms with Gasteiger partial charge in [0, 0.05) is 18.7 Å². The summed E-state index contributed by atoms with van der Waals surface area (Å²) in [6, 6.07) is 6.05. The van der Waals surface area contributed by atoms with Gasteiger partial charge in [-0.1, -0.05) is 11.6 Å². The van der Waals surface area contributed by atoms with E-state index in [-0.39, 0.29) is 10.6 Å². The fourth-order valence-corrected chi connectivity index (χ4v) is 2.31. The summed E-state index contributed by atoms with van der Waals surface area (Å²) in [5, 5.41) is 12.0. The number of hydrogen-bond acceptors (Lipinski definition) is 3. The Morgan fingerprint density at radius 1 is 1.50 bits per heavy atom. The Bertz CT molecular complexity index is 562. The van der Waals surface area contributed by atoms with Crippen LogP contribution >= 0.6 is 11.6 Å². The topological polar surface area (TPSA) is 56.1 Å². The van der Waals surface area contributed by atoms with E-state index in [4.69, 9.17) is 11.6 Å². The van der Waals surface area contributed by atoms with Crippen LogP contribution in [0.4, 0.5) is 4.39 Å². The first-order valence-corrected chi connectivity index (χ1v) is 6.71. The molecular weight excluding hydrogens is 281 g/mol. The third-order valence-corrected chi connectivity index (χ3v) is 3.90. The molecule has 1 aromatic rings. The second-order valence-corrected chi connectivity index (χ2v) is 5.49. The highest BCUT2D eigenvalue weighted by Gasteiger charge is 2.35. The molecule has 0 saturated carbocycles. The molecule has 0 spiro atoms. The normalized spacial score (nSPS) is 18.3. The van der Waals surface area contributed by atoms with E-state index in [1.807, 2.05) is 7.05 Å². The number of nitriles is 1. The first-order chi connectivity index (χ1) is 9.46. The van der Waals surface area contributed by atoms with E-state index in [0.29, 0.717) is 12.8 Å². The Morgan fingerprint density at radius 2 is 2.15 bits per heavy atom. The molecule has 0 aliphatic carbocycles. The Hall–Kier alpha value is -1.64. The van der Waals surface area contributed by atoms with Gasteiger partial charge in [-0.2, -0.15) is 5.26 Å². The molecule has 1 N–H and O–H groups in total. The molecule has 2 rings (SSSR count). The van der Waals surface area contributed by atoms with Gasteiger partial charge in [-0.25, -0.2) is 4.39 Å². The minimum absolute atomic E-state index is 0.0316. The van der Waals surface area contributed by atoms with Gasteiger partial charge in [-0.05, 0) is 38.1 Å². The van der Waals surface area contributed by atoms with Crippen molar-refractivity contribution in [3.63, 3.8) is 0 Å².